The predicted octanol–water partition coefficient (Wildman–Crippen LogP) is 5.16. The van der Waals surface area contributed by atoms with E-state index in [0.717, 1.165) is 22.5 Å². The average molecular weight is 732 g/mol. The van der Waals surface area contributed by atoms with E-state index in [4.69, 9.17) is 23.2 Å². The Hall–Kier alpha value is -5.10. The van der Waals surface area contributed by atoms with Crippen LogP contribution in [0.1, 0.15) is 25.0 Å². The molecule has 0 fully saturated rings. The molecule has 2 N–H and O–H groups in total. The molecule has 0 amide bonds. The Morgan fingerprint density at radius 3 is 1.63 bits per heavy atom. The summed E-state index contributed by atoms with van der Waals surface area (Å²) in [5.41, 5.74) is 1.94. The molecule has 0 aliphatic rings. The highest BCUT2D eigenvalue weighted by Crippen LogP contribution is 2.19. The van der Waals surface area contributed by atoms with Crippen molar-refractivity contribution in [3.63, 3.8) is 0 Å². The first-order valence-corrected chi connectivity index (χ1v) is 16.9. The van der Waals surface area contributed by atoms with Crippen molar-refractivity contribution in [2.45, 2.75) is 39.1 Å². The number of nitrogens with zero attached hydrogens (tertiary/aromatic N) is 5. The minimum absolute atomic E-state index is 0.0442. The van der Waals surface area contributed by atoms with Crippen molar-refractivity contribution >= 4 is 56.4 Å². The molecule has 0 spiro atoms. The smallest absolute Gasteiger partial charge is 0.331 e. The minimum atomic E-state index is -1.13. The molecule has 0 atom stereocenters. The van der Waals surface area contributed by atoms with Gasteiger partial charge in [-0.25, -0.2) is 9.59 Å². The molecule has 0 bridgehead atoms. The van der Waals surface area contributed by atoms with Crippen LogP contribution in [0.2, 0.25) is 10.0 Å². The molecule has 6 rings (SSSR count). The van der Waals surface area contributed by atoms with Gasteiger partial charge in [-0.3, -0.25) is 23.3 Å². The van der Waals surface area contributed by atoms with E-state index in [1.165, 1.54) is 13.7 Å². The second-order valence-electron chi connectivity index (χ2n) is 13.4. The van der Waals surface area contributed by atoms with Gasteiger partial charge in [-0.2, -0.15) is 0 Å². The highest BCUT2D eigenvalue weighted by Gasteiger charge is 2.20. The molecule has 266 valence electrons. The van der Waals surface area contributed by atoms with Gasteiger partial charge in [-0.05, 0) is 85.6 Å². The molecule has 13 heteroatoms. The van der Waals surface area contributed by atoms with Crippen LogP contribution in [0.3, 0.4) is 0 Å². The zero-order valence-corrected chi connectivity index (χ0v) is 30.8. The molecule has 2 heterocycles. The average Bonchev–Trinajstić information content (AvgIpc) is 3.07. The van der Waals surface area contributed by atoms with E-state index >= 15 is 0 Å². The summed E-state index contributed by atoms with van der Waals surface area (Å²) < 4.78 is 3.81. The van der Waals surface area contributed by atoms with E-state index in [2.05, 4.69) is 4.98 Å². The van der Waals surface area contributed by atoms with Crippen molar-refractivity contribution in [2.75, 3.05) is 38.0 Å². The third kappa shape index (κ3) is 8.62. The maximum Gasteiger partial charge on any atom is 0.331 e. The number of aromatic nitrogens is 4. The molecule has 0 saturated heterocycles. The van der Waals surface area contributed by atoms with Crippen molar-refractivity contribution in [2.24, 2.45) is 0 Å². The van der Waals surface area contributed by atoms with E-state index in [0.29, 0.717) is 31.9 Å². The summed E-state index contributed by atoms with van der Waals surface area (Å²) in [6.45, 7) is 3.65. The Labute approximate surface area is 304 Å². The lowest BCUT2D eigenvalue weighted by atomic mass is 10.1. The number of aromatic amines is 1. The number of fused-ring (bicyclic) bond motifs is 2. The summed E-state index contributed by atoms with van der Waals surface area (Å²) in [4.78, 5) is 57.5. The van der Waals surface area contributed by atoms with Gasteiger partial charge >= 0.3 is 11.4 Å². The van der Waals surface area contributed by atoms with Crippen molar-refractivity contribution in [3.8, 4) is 0 Å². The van der Waals surface area contributed by atoms with Gasteiger partial charge in [0.2, 0.25) is 0 Å². The van der Waals surface area contributed by atoms with E-state index in [9.17, 15) is 24.3 Å². The molecule has 6 aromatic rings. The van der Waals surface area contributed by atoms with Crippen molar-refractivity contribution in [3.05, 3.63) is 148 Å². The second-order valence-corrected chi connectivity index (χ2v) is 14.2. The third-order valence-electron chi connectivity index (χ3n) is 8.26. The molecule has 4 aromatic carbocycles. The van der Waals surface area contributed by atoms with Crippen LogP contribution in [0, 0.1) is 0 Å². The lowest BCUT2D eigenvalue weighted by Gasteiger charge is -2.21. The molecule has 0 aliphatic carbocycles. The van der Waals surface area contributed by atoms with E-state index in [-0.39, 0.29) is 30.8 Å². The van der Waals surface area contributed by atoms with E-state index in [1.807, 2.05) is 86.5 Å². The number of hydrogen-bond acceptors (Lipinski definition) is 7. The van der Waals surface area contributed by atoms with Crippen LogP contribution in [0.25, 0.3) is 21.8 Å². The Balaban J connectivity index is 0.000000201. The maximum absolute atomic E-state index is 13.1. The van der Waals surface area contributed by atoms with Crippen LogP contribution in [-0.2, 0) is 19.6 Å². The van der Waals surface area contributed by atoms with Crippen molar-refractivity contribution in [1.82, 2.24) is 18.7 Å². The Morgan fingerprint density at radius 2 is 1.12 bits per heavy atom. The van der Waals surface area contributed by atoms with Gasteiger partial charge in [0, 0.05) is 49.6 Å². The number of halogens is 2. The van der Waals surface area contributed by atoms with Gasteiger partial charge < -0.3 is 19.9 Å². The summed E-state index contributed by atoms with van der Waals surface area (Å²) in [6, 6.07) is 25.1. The summed E-state index contributed by atoms with van der Waals surface area (Å²) >= 11 is 12.0. The van der Waals surface area contributed by atoms with Crippen LogP contribution in [-0.4, -0.2) is 57.6 Å². The van der Waals surface area contributed by atoms with Crippen molar-refractivity contribution < 1.29 is 5.11 Å². The quantitative estimate of drug-likeness (QED) is 0.222. The zero-order valence-electron chi connectivity index (χ0n) is 29.3. The van der Waals surface area contributed by atoms with E-state index in [1.54, 1.807) is 50.2 Å². The van der Waals surface area contributed by atoms with Gasteiger partial charge in [0.15, 0.2) is 0 Å². The van der Waals surface area contributed by atoms with E-state index < -0.39 is 17.0 Å². The summed E-state index contributed by atoms with van der Waals surface area (Å²) in [5, 5.41) is 12.0. The first kappa shape index (κ1) is 37.2. The van der Waals surface area contributed by atoms with Crippen LogP contribution in [0.15, 0.2) is 104 Å². The lowest BCUT2D eigenvalue weighted by molar-refractivity contribution is 0.0610. The van der Waals surface area contributed by atoms with Crippen LogP contribution >= 0.6 is 23.2 Å². The number of anilines is 2. The van der Waals surface area contributed by atoms with Gasteiger partial charge in [-0.1, -0.05) is 47.5 Å². The number of nitrogens with one attached hydrogen (secondary N) is 1. The SMILES string of the molecule is CN(C)c1ccc(Cn2c(=O)[nH]c3cc(Cl)ccc3c2=O)cc1.CN(C)c1ccc(Cn2c(=O)c3ccc(Cl)cc3n(CC(C)(C)O)c2=O)cc1. The molecule has 0 radical (unpaired) electrons. The largest absolute Gasteiger partial charge is 0.389 e. The first-order chi connectivity index (χ1) is 24.0. The second kappa shape index (κ2) is 15.0. The van der Waals surface area contributed by atoms with Crippen LogP contribution in [0.4, 0.5) is 11.4 Å². The standard InChI is InChI=1S/C21H24ClN3O3.C17H16ClN3O2/c1-21(2,28)13-25-18-11-15(22)7-10-17(18)19(26)24(20(25)27)12-14-5-8-16(9-6-14)23(3)4;1-20(2)13-6-3-11(4-7-13)10-21-16(22)14-8-5-12(18)9-15(14)19-17(21)23/h5-11,28H,12-13H2,1-4H3;3-9H,10H2,1-2H3,(H,19,23). The Kier molecular flexibility index (Phi) is 10.9. The molecule has 0 unspecified atom stereocenters. The Morgan fingerprint density at radius 1 is 0.647 bits per heavy atom. The fraction of sp³-hybridized carbons (Fsp3) is 0.263. The van der Waals surface area contributed by atoms with Crippen LogP contribution in [0.5, 0.6) is 0 Å². The monoisotopic (exact) mass is 730 g/mol. The molecule has 11 nitrogen and oxygen atoms in total. The van der Waals surface area contributed by atoms with Crippen LogP contribution < -0.4 is 32.3 Å². The topological polar surface area (TPSA) is 126 Å². The lowest BCUT2D eigenvalue weighted by Crippen LogP contribution is -2.43. The summed E-state index contributed by atoms with van der Waals surface area (Å²) in [6.07, 6.45) is 0. The maximum atomic E-state index is 13.1. The fourth-order valence-electron chi connectivity index (χ4n) is 5.60. The number of benzene rings is 4. The minimum Gasteiger partial charge on any atom is -0.389 e. The molecule has 0 saturated carbocycles. The van der Waals surface area contributed by atoms with Gasteiger partial charge in [0.25, 0.3) is 11.1 Å². The number of hydrogen-bond donors (Lipinski definition) is 2. The van der Waals surface area contributed by atoms with Gasteiger partial charge in [0.1, 0.15) is 0 Å². The zero-order chi connectivity index (χ0) is 37.2. The first-order valence-electron chi connectivity index (χ1n) is 16.1. The summed E-state index contributed by atoms with van der Waals surface area (Å²) in [5.74, 6) is 0. The third-order valence-corrected chi connectivity index (χ3v) is 8.73. The highest BCUT2D eigenvalue weighted by atomic mass is 35.5. The predicted molar refractivity (Wildman–Crippen MR) is 207 cm³/mol. The fourth-order valence-corrected chi connectivity index (χ4v) is 5.94. The van der Waals surface area contributed by atoms with Crippen molar-refractivity contribution in [1.29, 1.82) is 0 Å². The highest BCUT2D eigenvalue weighted by molar-refractivity contribution is 6.31. The normalized spacial score (nSPS) is 11.4. The molecular formula is C38H40Cl2N6O5. The summed E-state index contributed by atoms with van der Waals surface area (Å²) in [7, 11) is 7.81. The molecule has 0 aliphatic heterocycles. The van der Waals surface area contributed by atoms with Gasteiger partial charge in [-0.15, -0.1) is 0 Å². The van der Waals surface area contributed by atoms with Gasteiger partial charge in [0.05, 0.1) is 47.0 Å². The Bertz CT molecular complexity index is 2440. The number of rotatable bonds is 8. The number of aliphatic hydroxyl groups is 1. The number of H-pyrrole nitrogens is 1. The molecule has 2 aromatic heterocycles. The molecule has 51 heavy (non-hydrogen) atoms. The molecular weight excluding hydrogens is 691 g/mol.